The monoisotopic (exact) mass is 304 g/mol. The first-order chi connectivity index (χ1) is 9.98. The third-order valence-electron chi connectivity index (χ3n) is 3.15. The van der Waals surface area contributed by atoms with Gasteiger partial charge in [-0.2, -0.15) is 0 Å². The smallest absolute Gasteiger partial charge is 0.312 e. The standard InChI is InChI=1S/C16H16O4S/c17-16(18)15(14-9-5-2-6-10-14)12-21(19,20)11-13-7-3-1-4-8-13/h1-10,15H,11-12H2,(H,17,18). The average Bonchev–Trinajstić information content (AvgIpc) is 2.46. The lowest BCUT2D eigenvalue weighted by Crippen LogP contribution is -2.23. The van der Waals surface area contributed by atoms with Gasteiger partial charge in [0.2, 0.25) is 0 Å². The summed E-state index contributed by atoms with van der Waals surface area (Å²) in [6.07, 6.45) is 0. The van der Waals surface area contributed by atoms with Gasteiger partial charge >= 0.3 is 5.97 Å². The lowest BCUT2D eigenvalue weighted by atomic mass is 10.0. The minimum absolute atomic E-state index is 0.148. The molecule has 0 bridgehead atoms. The summed E-state index contributed by atoms with van der Waals surface area (Å²) in [6.45, 7) is 0. The minimum atomic E-state index is -3.51. The molecule has 0 aromatic heterocycles. The van der Waals surface area contributed by atoms with E-state index in [1.165, 1.54) is 0 Å². The van der Waals surface area contributed by atoms with Crippen LogP contribution < -0.4 is 0 Å². The second-order valence-corrected chi connectivity index (χ2v) is 6.95. The fraction of sp³-hybridized carbons (Fsp3) is 0.188. The Kier molecular flexibility index (Phi) is 4.75. The maximum atomic E-state index is 12.2. The number of hydrogen-bond donors (Lipinski definition) is 1. The van der Waals surface area contributed by atoms with Crippen LogP contribution in [0, 0.1) is 0 Å². The summed E-state index contributed by atoms with van der Waals surface area (Å²) in [5, 5.41) is 9.29. The van der Waals surface area contributed by atoms with Crippen LogP contribution in [0.5, 0.6) is 0 Å². The van der Waals surface area contributed by atoms with Gasteiger partial charge in [-0.15, -0.1) is 0 Å². The Bertz CT molecular complexity index is 694. The molecule has 0 aliphatic heterocycles. The molecule has 2 rings (SSSR count). The van der Waals surface area contributed by atoms with E-state index in [1.54, 1.807) is 60.7 Å². The normalized spacial score (nSPS) is 12.8. The van der Waals surface area contributed by atoms with Crippen molar-refractivity contribution in [3.8, 4) is 0 Å². The lowest BCUT2D eigenvalue weighted by molar-refractivity contribution is -0.138. The van der Waals surface area contributed by atoms with Crippen molar-refractivity contribution in [2.24, 2.45) is 0 Å². The van der Waals surface area contributed by atoms with E-state index >= 15 is 0 Å². The highest BCUT2D eigenvalue weighted by Gasteiger charge is 2.26. The Morgan fingerprint density at radius 1 is 0.952 bits per heavy atom. The van der Waals surface area contributed by atoms with Crippen molar-refractivity contribution in [1.29, 1.82) is 0 Å². The number of benzene rings is 2. The van der Waals surface area contributed by atoms with Gasteiger partial charge in [0.15, 0.2) is 9.84 Å². The molecule has 110 valence electrons. The molecule has 0 amide bonds. The van der Waals surface area contributed by atoms with Crippen LogP contribution in [-0.2, 0) is 20.4 Å². The number of carboxylic acid groups (broad SMARTS) is 1. The van der Waals surface area contributed by atoms with Crippen molar-refractivity contribution in [1.82, 2.24) is 0 Å². The van der Waals surface area contributed by atoms with Crippen LogP contribution >= 0.6 is 0 Å². The molecule has 0 saturated heterocycles. The van der Waals surface area contributed by atoms with E-state index in [0.717, 1.165) is 0 Å². The van der Waals surface area contributed by atoms with E-state index in [4.69, 9.17) is 0 Å². The first-order valence-electron chi connectivity index (χ1n) is 6.50. The molecular weight excluding hydrogens is 288 g/mol. The van der Waals surface area contributed by atoms with Crippen molar-refractivity contribution in [2.45, 2.75) is 11.7 Å². The first kappa shape index (κ1) is 15.3. The second kappa shape index (κ2) is 6.54. The number of hydrogen-bond acceptors (Lipinski definition) is 3. The number of sulfone groups is 1. The van der Waals surface area contributed by atoms with Crippen LogP contribution in [0.1, 0.15) is 17.0 Å². The first-order valence-corrected chi connectivity index (χ1v) is 8.32. The zero-order chi connectivity index (χ0) is 15.3. The largest absolute Gasteiger partial charge is 0.481 e. The minimum Gasteiger partial charge on any atom is -0.481 e. The molecular formula is C16H16O4S. The quantitative estimate of drug-likeness (QED) is 0.890. The van der Waals surface area contributed by atoms with Crippen LogP contribution in [0.2, 0.25) is 0 Å². The van der Waals surface area contributed by atoms with Gasteiger partial charge in [-0.25, -0.2) is 8.42 Å². The summed E-state index contributed by atoms with van der Waals surface area (Å²) in [5.74, 6) is -2.72. The Labute approximate surface area is 124 Å². The molecule has 0 spiro atoms. The zero-order valence-electron chi connectivity index (χ0n) is 11.3. The summed E-state index contributed by atoms with van der Waals surface area (Å²) < 4.78 is 24.4. The predicted octanol–water partition coefficient (Wildman–Crippen LogP) is 2.47. The number of aliphatic carboxylic acids is 1. The maximum Gasteiger partial charge on any atom is 0.312 e. The lowest BCUT2D eigenvalue weighted by Gasteiger charge is -2.13. The summed E-state index contributed by atoms with van der Waals surface area (Å²) in [6, 6.07) is 17.2. The van der Waals surface area contributed by atoms with Crippen LogP contribution in [0.4, 0.5) is 0 Å². The van der Waals surface area contributed by atoms with E-state index in [1.807, 2.05) is 0 Å². The Morgan fingerprint density at radius 2 is 1.48 bits per heavy atom. The predicted molar refractivity (Wildman–Crippen MR) is 80.8 cm³/mol. The molecule has 0 saturated carbocycles. The van der Waals surface area contributed by atoms with Crippen molar-refractivity contribution >= 4 is 15.8 Å². The molecule has 1 N–H and O–H groups in total. The van der Waals surface area contributed by atoms with E-state index in [2.05, 4.69) is 0 Å². The highest BCUT2D eigenvalue weighted by atomic mass is 32.2. The van der Waals surface area contributed by atoms with E-state index < -0.39 is 27.5 Å². The summed E-state index contributed by atoms with van der Waals surface area (Å²) in [4.78, 5) is 11.4. The van der Waals surface area contributed by atoms with Gasteiger partial charge in [-0.3, -0.25) is 4.79 Å². The third-order valence-corrected chi connectivity index (χ3v) is 4.76. The highest BCUT2D eigenvalue weighted by molar-refractivity contribution is 7.90. The zero-order valence-corrected chi connectivity index (χ0v) is 12.2. The molecule has 2 aromatic carbocycles. The van der Waals surface area contributed by atoms with Gasteiger partial charge in [-0.05, 0) is 11.1 Å². The fourth-order valence-corrected chi connectivity index (χ4v) is 3.80. The Hall–Kier alpha value is -2.14. The molecule has 5 heteroatoms. The van der Waals surface area contributed by atoms with Crippen LogP contribution in [0.3, 0.4) is 0 Å². The summed E-state index contributed by atoms with van der Waals surface area (Å²) in [7, 11) is -3.51. The van der Waals surface area contributed by atoms with Gasteiger partial charge in [-0.1, -0.05) is 60.7 Å². The number of carboxylic acids is 1. The third kappa shape index (κ3) is 4.43. The van der Waals surface area contributed by atoms with Crippen molar-refractivity contribution in [3.05, 3.63) is 71.8 Å². The van der Waals surface area contributed by atoms with E-state index in [-0.39, 0.29) is 5.75 Å². The van der Waals surface area contributed by atoms with Gasteiger partial charge in [0.1, 0.15) is 0 Å². The van der Waals surface area contributed by atoms with Gasteiger partial charge < -0.3 is 5.11 Å². The number of carbonyl (C=O) groups is 1. The molecule has 2 aromatic rings. The Balaban J connectivity index is 2.19. The van der Waals surface area contributed by atoms with Crippen LogP contribution in [0.15, 0.2) is 60.7 Å². The Morgan fingerprint density at radius 3 is 2.00 bits per heavy atom. The van der Waals surface area contributed by atoms with E-state index in [9.17, 15) is 18.3 Å². The molecule has 0 heterocycles. The molecule has 0 fully saturated rings. The van der Waals surface area contributed by atoms with Crippen molar-refractivity contribution in [2.75, 3.05) is 5.75 Å². The topological polar surface area (TPSA) is 71.4 Å². The van der Waals surface area contributed by atoms with E-state index in [0.29, 0.717) is 11.1 Å². The van der Waals surface area contributed by atoms with Crippen molar-refractivity contribution < 1.29 is 18.3 Å². The summed E-state index contributed by atoms with van der Waals surface area (Å²) in [5.41, 5.74) is 1.16. The molecule has 21 heavy (non-hydrogen) atoms. The van der Waals surface area contributed by atoms with Gasteiger partial charge in [0, 0.05) is 0 Å². The SMILES string of the molecule is O=C(O)C(CS(=O)(=O)Cc1ccccc1)c1ccccc1. The average molecular weight is 304 g/mol. The highest BCUT2D eigenvalue weighted by Crippen LogP contribution is 2.20. The van der Waals surface area contributed by atoms with Gasteiger partial charge in [0.05, 0.1) is 17.4 Å². The van der Waals surface area contributed by atoms with Crippen LogP contribution in [0.25, 0.3) is 0 Å². The molecule has 1 unspecified atom stereocenters. The van der Waals surface area contributed by atoms with Crippen molar-refractivity contribution in [3.63, 3.8) is 0 Å². The summed E-state index contributed by atoms with van der Waals surface area (Å²) >= 11 is 0. The van der Waals surface area contributed by atoms with Crippen LogP contribution in [-0.4, -0.2) is 25.2 Å². The second-order valence-electron chi connectivity index (χ2n) is 4.84. The molecule has 1 atom stereocenters. The molecule has 0 radical (unpaired) electrons. The molecule has 0 aliphatic carbocycles. The fourth-order valence-electron chi connectivity index (χ4n) is 2.14. The maximum absolute atomic E-state index is 12.2. The molecule has 4 nitrogen and oxygen atoms in total. The van der Waals surface area contributed by atoms with Gasteiger partial charge in [0.25, 0.3) is 0 Å². The number of rotatable bonds is 6. The molecule has 0 aliphatic rings.